The normalized spacial score (nSPS) is 13.9. The first-order valence-electron chi connectivity index (χ1n) is 6.59. The van der Waals surface area contributed by atoms with E-state index in [0.29, 0.717) is 18.3 Å². The minimum atomic E-state index is -0.211. The van der Waals surface area contributed by atoms with Crippen LogP contribution in [0.2, 0.25) is 0 Å². The molecule has 1 N–H and O–H groups in total. The van der Waals surface area contributed by atoms with Crippen molar-refractivity contribution >= 4 is 28.5 Å². The third-order valence-electron chi connectivity index (χ3n) is 2.86. The van der Waals surface area contributed by atoms with Gasteiger partial charge in [-0.05, 0) is 23.8 Å². The molecule has 1 aliphatic rings. The van der Waals surface area contributed by atoms with Crippen molar-refractivity contribution in [2.24, 2.45) is 0 Å². The molecule has 0 saturated carbocycles. The van der Waals surface area contributed by atoms with Crippen LogP contribution in [0.4, 0.5) is 5.13 Å². The number of carbonyl (C=O) groups is 1. The van der Waals surface area contributed by atoms with Gasteiger partial charge in [-0.3, -0.25) is 10.1 Å². The van der Waals surface area contributed by atoms with Crippen LogP contribution in [0.1, 0.15) is 12.0 Å². The predicted octanol–water partition coefficient (Wildman–Crippen LogP) is 2.96. The number of rotatable bonds is 3. The third kappa shape index (κ3) is 3.61. The highest BCUT2D eigenvalue weighted by Crippen LogP contribution is 2.30. The number of hydrogen-bond donors (Lipinski definition) is 1. The molecule has 108 valence electrons. The number of aromatic nitrogens is 1. The summed E-state index contributed by atoms with van der Waals surface area (Å²) in [6, 6.07) is 5.62. The number of nitrogens with zero attached hydrogens (tertiary/aromatic N) is 1. The maximum Gasteiger partial charge on any atom is 0.250 e. The number of amides is 1. The quantitative estimate of drug-likeness (QED) is 0.886. The average molecular weight is 302 g/mol. The average Bonchev–Trinajstić information content (AvgIpc) is 2.88. The van der Waals surface area contributed by atoms with Crippen molar-refractivity contribution in [1.82, 2.24) is 4.98 Å². The Morgan fingerprint density at radius 3 is 2.95 bits per heavy atom. The summed E-state index contributed by atoms with van der Waals surface area (Å²) in [6.07, 6.45) is 5.72. The van der Waals surface area contributed by atoms with Crippen LogP contribution in [0.3, 0.4) is 0 Å². The van der Waals surface area contributed by atoms with Crippen LogP contribution in [0.25, 0.3) is 6.08 Å². The van der Waals surface area contributed by atoms with Gasteiger partial charge in [-0.25, -0.2) is 4.98 Å². The fraction of sp³-hybridized carbons (Fsp3) is 0.200. The molecule has 1 aromatic heterocycles. The molecule has 0 atom stereocenters. The van der Waals surface area contributed by atoms with Crippen molar-refractivity contribution in [2.75, 3.05) is 18.5 Å². The number of nitrogens with one attached hydrogen (secondary N) is 1. The minimum absolute atomic E-state index is 0.211. The van der Waals surface area contributed by atoms with E-state index < -0.39 is 0 Å². The Morgan fingerprint density at radius 2 is 2.14 bits per heavy atom. The molecule has 0 bridgehead atoms. The Kier molecular flexibility index (Phi) is 4.16. The predicted molar refractivity (Wildman–Crippen MR) is 81.8 cm³/mol. The summed E-state index contributed by atoms with van der Waals surface area (Å²) in [5, 5.41) is 5.09. The molecule has 1 amide bonds. The monoisotopic (exact) mass is 302 g/mol. The lowest BCUT2D eigenvalue weighted by Crippen LogP contribution is -2.07. The van der Waals surface area contributed by atoms with Gasteiger partial charge in [0.05, 0.1) is 13.2 Å². The Morgan fingerprint density at radius 1 is 1.29 bits per heavy atom. The Labute approximate surface area is 126 Å². The molecule has 3 rings (SSSR count). The second-order valence-electron chi connectivity index (χ2n) is 4.42. The molecule has 0 spiro atoms. The number of carbonyl (C=O) groups excluding carboxylic acids is 1. The largest absolute Gasteiger partial charge is 0.490 e. The molecule has 2 aromatic rings. The standard InChI is InChI=1S/C15H14N2O3S/c18-14(17-15-16-6-9-21-15)5-3-11-2-4-12-13(10-11)20-8-1-7-19-12/h2-6,9-10H,1,7-8H2,(H,16,17,18)/b5-3+. The number of benzene rings is 1. The van der Waals surface area contributed by atoms with Crippen molar-refractivity contribution < 1.29 is 14.3 Å². The molecular formula is C15H14N2O3S. The third-order valence-corrected chi connectivity index (χ3v) is 3.55. The smallest absolute Gasteiger partial charge is 0.250 e. The number of anilines is 1. The maximum atomic E-state index is 11.7. The van der Waals surface area contributed by atoms with E-state index in [0.717, 1.165) is 23.5 Å². The van der Waals surface area contributed by atoms with Crippen LogP contribution in [0.5, 0.6) is 11.5 Å². The van der Waals surface area contributed by atoms with Gasteiger partial charge in [-0.2, -0.15) is 0 Å². The molecule has 5 nitrogen and oxygen atoms in total. The Bertz CT molecular complexity index is 653. The lowest BCUT2D eigenvalue weighted by Gasteiger charge is -2.07. The van der Waals surface area contributed by atoms with Crippen molar-refractivity contribution in [3.63, 3.8) is 0 Å². The van der Waals surface area contributed by atoms with E-state index in [1.54, 1.807) is 12.3 Å². The molecule has 1 aliphatic heterocycles. The van der Waals surface area contributed by atoms with E-state index in [2.05, 4.69) is 10.3 Å². The van der Waals surface area contributed by atoms with Crippen LogP contribution < -0.4 is 14.8 Å². The van der Waals surface area contributed by atoms with Crippen molar-refractivity contribution in [3.05, 3.63) is 41.4 Å². The molecule has 1 aromatic carbocycles. The van der Waals surface area contributed by atoms with E-state index in [-0.39, 0.29) is 5.91 Å². The number of thiazole rings is 1. The fourth-order valence-electron chi connectivity index (χ4n) is 1.89. The van der Waals surface area contributed by atoms with Gasteiger partial charge in [0.25, 0.3) is 0 Å². The second kappa shape index (κ2) is 6.41. The molecule has 2 heterocycles. The Balaban J connectivity index is 1.68. The van der Waals surface area contributed by atoms with Crippen LogP contribution >= 0.6 is 11.3 Å². The van der Waals surface area contributed by atoms with Crippen molar-refractivity contribution in [2.45, 2.75) is 6.42 Å². The summed E-state index contributed by atoms with van der Waals surface area (Å²) < 4.78 is 11.2. The number of ether oxygens (including phenoxy) is 2. The van der Waals surface area contributed by atoms with Gasteiger partial charge in [-0.1, -0.05) is 6.07 Å². The molecular weight excluding hydrogens is 288 g/mol. The van der Waals surface area contributed by atoms with Gasteiger partial charge >= 0.3 is 0 Å². The molecule has 0 aliphatic carbocycles. The molecule has 0 unspecified atom stereocenters. The zero-order chi connectivity index (χ0) is 14.5. The summed E-state index contributed by atoms with van der Waals surface area (Å²) >= 11 is 1.38. The zero-order valence-electron chi connectivity index (χ0n) is 11.2. The Hall–Kier alpha value is -2.34. The molecule has 6 heteroatoms. The first-order valence-corrected chi connectivity index (χ1v) is 7.47. The lowest BCUT2D eigenvalue weighted by atomic mass is 10.2. The molecule has 0 radical (unpaired) electrons. The van der Waals surface area contributed by atoms with Gasteiger partial charge in [0, 0.05) is 24.1 Å². The first-order chi connectivity index (χ1) is 10.3. The number of hydrogen-bond acceptors (Lipinski definition) is 5. The SMILES string of the molecule is O=C(/C=C/c1ccc2c(c1)OCCCO2)Nc1nccs1. The highest BCUT2D eigenvalue weighted by atomic mass is 32.1. The van der Waals surface area contributed by atoms with Crippen LogP contribution in [0.15, 0.2) is 35.9 Å². The van der Waals surface area contributed by atoms with E-state index in [4.69, 9.17) is 9.47 Å². The minimum Gasteiger partial charge on any atom is -0.490 e. The summed E-state index contributed by atoms with van der Waals surface area (Å²) in [6.45, 7) is 1.31. The van der Waals surface area contributed by atoms with E-state index in [1.165, 1.54) is 17.4 Å². The van der Waals surface area contributed by atoms with Gasteiger partial charge < -0.3 is 9.47 Å². The van der Waals surface area contributed by atoms with Crippen LogP contribution in [0, 0.1) is 0 Å². The maximum absolute atomic E-state index is 11.7. The first kappa shape index (κ1) is 13.6. The highest BCUT2D eigenvalue weighted by Gasteiger charge is 2.09. The molecule has 0 saturated heterocycles. The highest BCUT2D eigenvalue weighted by molar-refractivity contribution is 7.13. The van der Waals surface area contributed by atoms with Crippen molar-refractivity contribution in [3.8, 4) is 11.5 Å². The zero-order valence-corrected chi connectivity index (χ0v) is 12.1. The van der Waals surface area contributed by atoms with Gasteiger partial charge in [0.2, 0.25) is 5.91 Å². The summed E-state index contributed by atoms with van der Waals surface area (Å²) in [4.78, 5) is 15.7. The van der Waals surface area contributed by atoms with E-state index >= 15 is 0 Å². The topological polar surface area (TPSA) is 60.5 Å². The van der Waals surface area contributed by atoms with Crippen LogP contribution in [-0.2, 0) is 4.79 Å². The molecule has 0 fully saturated rings. The fourth-order valence-corrected chi connectivity index (χ4v) is 2.42. The summed E-state index contributed by atoms with van der Waals surface area (Å²) in [5.41, 5.74) is 0.883. The van der Waals surface area contributed by atoms with Gasteiger partial charge in [-0.15, -0.1) is 11.3 Å². The summed E-state index contributed by atoms with van der Waals surface area (Å²) in [7, 11) is 0. The van der Waals surface area contributed by atoms with Crippen LogP contribution in [-0.4, -0.2) is 24.1 Å². The van der Waals surface area contributed by atoms with Gasteiger partial charge in [0.15, 0.2) is 16.6 Å². The van der Waals surface area contributed by atoms with Crippen molar-refractivity contribution in [1.29, 1.82) is 0 Å². The van der Waals surface area contributed by atoms with Gasteiger partial charge in [0.1, 0.15) is 0 Å². The lowest BCUT2D eigenvalue weighted by molar-refractivity contribution is -0.111. The summed E-state index contributed by atoms with van der Waals surface area (Å²) in [5.74, 6) is 1.25. The van der Waals surface area contributed by atoms with E-state index in [9.17, 15) is 4.79 Å². The van der Waals surface area contributed by atoms with E-state index in [1.807, 2.05) is 23.6 Å². The number of fused-ring (bicyclic) bond motifs is 1. The molecule has 21 heavy (non-hydrogen) atoms. The second-order valence-corrected chi connectivity index (χ2v) is 5.31.